The minimum atomic E-state index is 0.213. The largest absolute Gasteiger partial charge is 0.310 e. The second-order valence-electron chi connectivity index (χ2n) is 20.7. The number of nitrogens with zero attached hydrogens (tertiary/aromatic N) is 3. The minimum Gasteiger partial charge on any atom is -0.310 e. The zero-order chi connectivity index (χ0) is 50.6. The Morgan fingerprint density at radius 2 is 0.662 bits per heavy atom. The van der Waals surface area contributed by atoms with Crippen LogP contribution in [0.15, 0.2) is 273 Å². The van der Waals surface area contributed by atoms with Gasteiger partial charge < -0.3 is 13.7 Å². The van der Waals surface area contributed by atoms with Crippen LogP contribution in [-0.2, 0) is 6.42 Å². The molecule has 0 saturated carbocycles. The van der Waals surface area contributed by atoms with Gasteiger partial charge in [-0.25, -0.2) is 0 Å². The second kappa shape index (κ2) is 17.3. The number of fused-ring (bicyclic) bond motifs is 11. The summed E-state index contributed by atoms with van der Waals surface area (Å²) in [7, 11) is 0. The quantitative estimate of drug-likeness (QED) is 0.141. The summed E-state index contributed by atoms with van der Waals surface area (Å²) < 4.78 is 7.31. The van der Waals surface area contributed by atoms with Gasteiger partial charge in [0.1, 0.15) is 0 Å². The lowest BCUT2D eigenvalue weighted by molar-refractivity contribution is 0.826. The Morgan fingerprint density at radius 3 is 1.23 bits per heavy atom. The highest BCUT2D eigenvalue weighted by Crippen LogP contribution is 2.46. The van der Waals surface area contributed by atoms with Crippen LogP contribution < -0.4 is 0 Å². The molecule has 360 valence electrons. The first-order valence-electron chi connectivity index (χ1n) is 26.8. The molecule has 12 aromatic carbocycles. The lowest BCUT2D eigenvalue weighted by Gasteiger charge is -2.20. The molecule has 3 heterocycles. The van der Waals surface area contributed by atoms with Gasteiger partial charge in [0.05, 0.1) is 27.6 Å². The molecule has 0 aliphatic heterocycles. The molecule has 77 heavy (non-hydrogen) atoms. The molecule has 3 nitrogen and oxygen atoms in total. The number of hydrogen-bond donors (Lipinski definition) is 0. The molecule has 1 aliphatic rings. The van der Waals surface area contributed by atoms with Gasteiger partial charge in [-0.1, -0.05) is 188 Å². The monoisotopic (exact) mass is 979 g/mol. The van der Waals surface area contributed by atoms with Crippen LogP contribution in [0.5, 0.6) is 0 Å². The molecule has 0 N–H and O–H groups in total. The van der Waals surface area contributed by atoms with E-state index in [2.05, 4.69) is 293 Å². The fourth-order valence-electron chi connectivity index (χ4n) is 13.2. The first kappa shape index (κ1) is 43.4. The van der Waals surface area contributed by atoms with Crippen LogP contribution in [0.2, 0.25) is 0 Å². The lowest BCUT2D eigenvalue weighted by Crippen LogP contribution is -2.07. The maximum atomic E-state index is 2.49. The van der Waals surface area contributed by atoms with E-state index < -0.39 is 0 Å². The van der Waals surface area contributed by atoms with E-state index in [-0.39, 0.29) is 5.92 Å². The van der Waals surface area contributed by atoms with E-state index in [0.717, 1.165) is 17.8 Å². The van der Waals surface area contributed by atoms with Gasteiger partial charge in [-0.3, -0.25) is 0 Å². The zero-order valence-corrected chi connectivity index (χ0v) is 42.2. The van der Waals surface area contributed by atoms with Crippen LogP contribution in [0.4, 0.5) is 0 Å². The van der Waals surface area contributed by atoms with Gasteiger partial charge in [0, 0.05) is 55.6 Å². The van der Waals surface area contributed by atoms with Crippen molar-refractivity contribution in [2.45, 2.75) is 12.3 Å². The number of hydrogen-bond acceptors (Lipinski definition) is 0. The van der Waals surface area contributed by atoms with Crippen LogP contribution in [0.1, 0.15) is 22.7 Å². The molecule has 0 saturated heterocycles. The van der Waals surface area contributed by atoms with Crippen molar-refractivity contribution in [1.29, 1.82) is 0 Å². The smallest absolute Gasteiger partial charge is 0.0541 e. The third-order valence-electron chi connectivity index (χ3n) is 16.6. The normalized spacial score (nSPS) is 13.5. The van der Waals surface area contributed by atoms with Gasteiger partial charge >= 0.3 is 0 Å². The summed E-state index contributed by atoms with van der Waals surface area (Å²) in [6.45, 7) is 0. The molecule has 0 fully saturated rings. The average Bonchev–Trinajstić information content (AvgIpc) is 4.16. The second-order valence-corrected chi connectivity index (χ2v) is 20.7. The summed E-state index contributed by atoms with van der Waals surface area (Å²) in [5, 5.41) is 11.4. The standard InChI is InChI=1S/C74H49N3/c1-4-18-48(19-5-1)73-59-26-10-12-28-61(59)74(62-29-13-11-27-60(62)73)49-32-38-56(39-33-49)77-71-42-36-52(50-34-40-69-63(44-50)57-24-14-16-30-67(57)75(69)54-20-6-2-7-21-54)46-65(71)66-47-53(37-43-72(66)77)51-35-41-70-64(45-51)58-25-15-17-31-68(58)76(70)55-22-8-3-9-23-55/h1-44,46-47,51H,45H2. The van der Waals surface area contributed by atoms with Crippen LogP contribution in [0, 0.1) is 0 Å². The minimum absolute atomic E-state index is 0.213. The Balaban J connectivity index is 0.861. The van der Waals surface area contributed by atoms with Crippen molar-refractivity contribution < 1.29 is 0 Å². The van der Waals surface area contributed by atoms with Crippen molar-refractivity contribution >= 4 is 82.1 Å². The first-order chi connectivity index (χ1) is 38.2. The van der Waals surface area contributed by atoms with Crippen molar-refractivity contribution in [1.82, 2.24) is 13.7 Å². The van der Waals surface area contributed by atoms with Gasteiger partial charge in [-0.15, -0.1) is 0 Å². The Bertz CT molecular complexity index is 4800. The third kappa shape index (κ3) is 6.77. The van der Waals surface area contributed by atoms with Crippen LogP contribution >= 0.6 is 0 Å². The van der Waals surface area contributed by atoms with Gasteiger partial charge in [-0.05, 0) is 163 Å². The molecule has 16 rings (SSSR count). The molecular weight excluding hydrogens is 931 g/mol. The number of para-hydroxylation sites is 4. The summed E-state index contributed by atoms with van der Waals surface area (Å²) in [5.41, 5.74) is 20.9. The van der Waals surface area contributed by atoms with E-state index in [9.17, 15) is 0 Å². The fourth-order valence-corrected chi connectivity index (χ4v) is 13.2. The van der Waals surface area contributed by atoms with Gasteiger partial charge in [0.2, 0.25) is 0 Å². The summed E-state index contributed by atoms with van der Waals surface area (Å²) in [6, 6.07) is 98.6. The SMILES string of the molecule is C1=CC(c2ccc3c(c2)c2cc(-c4ccc5c(c4)c4ccccc4n5-c4ccccc4)ccc2n3-c2ccc(-c3c4ccccc4c(-c4ccccc4)c4ccccc34)cc2)Cc2c1n(-c1ccccc1)c1ccccc21. The molecule has 0 amide bonds. The summed E-state index contributed by atoms with van der Waals surface area (Å²) >= 11 is 0. The van der Waals surface area contributed by atoms with Gasteiger partial charge in [0.25, 0.3) is 0 Å². The molecule has 3 heteroatoms. The number of rotatable bonds is 7. The Kier molecular flexibility index (Phi) is 9.77. The molecule has 1 aliphatic carbocycles. The van der Waals surface area contributed by atoms with Crippen LogP contribution in [0.25, 0.3) is 133 Å². The molecule has 1 atom stereocenters. The highest BCUT2D eigenvalue weighted by Gasteiger charge is 2.25. The van der Waals surface area contributed by atoms with E-state index in [1.807, 2.05) is 0 Å². The Morgan fingerprint density at radius 1 is 0.273 bits per heavy atom. The highest BCUT2D eigenvalue weighted by atomic mass is 15.0. The lowest BCUT2D eigenvalue weighted by atomic mass is 9.86. The molecule has 0 spiro atoms. The Hall–Kier alpha value is -9.96. The Labute approximate surface area is 446 Å². The molecule has 0 bridgehead atoms. The first-order valence-corrected chi connectivity index (χ1v) is 26.8. The number of benzene rings is 12. The fraction of sp³-hybridized carbons (Fsp3) is 0.0270. The molecule has 0 radical (unpaired) electrons. The molecule has 1 unspecified atom stereocenters. The zero-order valence-electron chi connectivity index (χ0n) is 42.2. The van der Waals surface area contributed by atoms with Crippen molar-refractivity contribution in [3.8, 4) is 50.4 Å². The van der Waals surface area contributed by atoms with Crippen molar-refractivity contribution in [3.05, 3.63) is 290 Å². The molecular formula is C74H49N3. The van der Waals surface area contributed by atoms with Crippen LogP contribution in [-0.4, -0.2) is 13.7 Å². The number of aromatic nitrogens is 3. The van der Waals surface area contributed by atoms with Gasteiger partial charge in [-0.2, -0.15) is 0 Å². The number of allylic oxidation sites excluding steroid dienone is 1. The van der Waals surface area contributed by atoms with E-state index in [0.29, 0.717) is 0 Å². The summed E-state index contributed by atoms with van der Waals surface area (Å²) in [4.78, 5) is 0. The third-order valence-corrected chi connectivity index (χ3v) is 16.6. The van der Waals surface area contributed by atoms with E-state index in [1.165, 1.54) is 132 Å². The summed E-state index contributed by atoms with van der Waals surface area (Å²) in [6.07, 6.45) is 5.73. The highest BCUT2D eigenvalue weighted by molar-refractivity contribution is 6.21. The maximum absolute atomic E-state index is 2.49. The topological polar surface area (TPSA) is 14.8 Å². The van der Waals surface area contributed by atoms with Crippen molar-refractivity contribution in [3.63, 3.8) is 0 Å². The predicted octanol–water partition coefficient (Wildman–Crippen LogP) is 19.5. The van der Waals surface area contributed by atoms with E-state index >= 15 is 0 Å². The average molecular weight is 980 g/mol. The molecule has 15 aromatic rings. The maximum Gasteiger partial charge on any atom is 0.0541 e. The summed E-state index contributed by atoms with van der Waals surface area (Å²) in [5.74, 6) is 0.213. The molecule has 3 aromatic heterocycles. The van der Waals surface area contributed by atoms with Crippen molar-refractivity contribution in [2.24, 2.45) is 0 Å². The van der Waals surface area contributed by atoms with Gasteiger partial charge in [0.15, 0.2) is 0 Å². The predicted molar refractivity (Wildman–Crippen MR) is 325 cm³/mol. The van der Waals surface area contributed by atoms with Crippen LogP contribution in [0.3, 0.4) is 0 Å². The van der Waals surface area contributed by atoms with Crippen molar-refractivity contribution in [2.75, 3.05) is 0 Å². The van der Waals surface area contributed by atoms with E-state index in [4.69, 9.17) is 0 Å². The van der Waals surface area contributed by atoms with E-state index in [1.54, 1.807) is 0 Å².